The van der Waals surface area contributed by atoms with Crippen LogP contribution in [0.4, 0.5) is 0 Å². The number of nitrogens with zero attached hydrogens (tertiary/aromatic N) is 3. The van der Waals surface area contributed by atoms with Crippen molar-refractivity contribution in [3.8, 4) is 22.5 Å². The second kappa shape index (κ2) is 8.44. The Labute approximate surface area is 169 Å². The number of rotatable bonds is 7. The van der Waals surface area contributed by atoms with Gasteiger partial charge in [0, 0.05) is 29.6 Å². The fourth-order valence-corrected chi connectivity index (χ4v) is 3.10. The molecule has 0 radical (unpaired) electrons. The lowest BCUT2D eigenvalue weighted by molar-refractivity contribution is 0.338. The molecule has 4 rings (SSSR count). The topological polar surface area (TPSA) is 53.1 Å². The highest BCUT2D eigenvalue weighted by atomic mass is 16.5. The lowest BCUT2D eigenvalue weighted by Crippen LogP contribution is -1.99. The van der Waals surface area contributed by atoms with E-state index in [4.69, 9.17) is 14.2 Å². The summed E-state index contributed by atoms with van der Waals surface area (Å²) < 4.78 is 12.5. The SMILES string of the molecule is C=C/C(=C\C=C/OC)c1cc2ccn(Cc3cc(-c4ccccc4)no3)cc-2n1. The van der Waals surface area contributed by atoms with E-state index < -0.39 is 0 Å². The zero-order chi connectivity index (χ0) is 20.1. The molecule has 0 aliphatic carbocycles. The van der Waals surface area contributed by atoms with Crippen LogP contribution >= 0.6 is 0 Å². The summed E-state index contributed by atoms with van der Waals surface area (Å²) in [6, 6.07) is 16.1. The summed E-state index contributed by atoms with van der Waals surface area (Å²) in [7, 11) is 1.61. The van der Waals surface area contributed by atoms with Gasteiger partial charge in [-0.3, -0.25) is 0 Å². The van der Waals surface area contributed by atoms with Crippen molar-refractivity contribution in [2.24, 2.45) is 0 Å². The molecule has 2 aliphatic heterocycles. The van der Waals surface area contributed by atoms with Crippen molar-refractivity contribution in [3.63, 3.8) is 0 Å². The van der Waals surface area contributed by atoms with Crippen LogP contribution in [0.3, 0.4) is 0 Å². The normalized spacial score (nSPS) is 12.0. The predicted molar refractivity (Wildman–Crippen MR) is 114 cm³/mol. The van der Waals surface area contributed by atoms with Gasteiger partial charge in [-0.15, -0.1) is 0 Å². The Morgan fingerprint density at radius 2 is 2.00 bits per heavy atom. The van der Waals surface area contributed by atoms with Crippen LogP contribution < -0.4 is 0 Å². The summed E-state index contributed by atoms with van der Waals surface area (Å²) in [5.41, 5.74) is 5.66. The second-order valence-electron chi connectivity index (χ2n) is 6.53. The molecule has 0 saturated carbocycles. The first-order valence-corrected chi connectivity index (χ1v) is 9.27. The van der Waals surface area contributed by atoms with E-state index in [0.717, 1.165) is 39.5 Å². The number of methoxy groups -OCH3 is 1. The van der Waals surface area contributed by atoms with Crippen LogP contribution in [-0.2, 0) is 11.3 Å². The van der Waals surface area contributed by atoms with E-state index in [2.05, 4.69) is 17.8 Å². The highest BCUT2D eigenvalue weighted by molar-refractivity contribution is 5.78. The van der Waals surface area contributed by atoms with E-state index in [0.29, 0.717) is 6.54 Å². The van der Waals surface area contributed by atoms with E-state index >= 15 is 0 Å². The molecule has 0 unspecified atom stereocenters. The molecule has 29 heavy (non-hydrogen) atoms. The quantitative estimate of drug-likeness (QED) is 0.316. The molecule has 1 aromatic carbocycles. The molecule has 0 bridgehead atoms. The maximum atomic E-state index is 5.52. The van der Waals surface area contributed by atoms with Crippen molar-refractivity contribution >= 4 is 5.57 Å². The van der Waals surface area contributed by atoms with Gasteiger partial charge in [-0.2, -0.15) is 0 Å². The summed E-state index contributed by atoms with van der Waals surface area (Å²) in [4.78, 5) is 4.74. The number of fused-ring (bicyclic) bond motifs is 1. The van der Waals surface area contributed by atoms with Gasteiger partial charge in [0.05, 0.1) is 31.3 Å². The maximum Gasteiger partial charge on any atom is 0.157 e. The first-order chi connectivity index (χ1) is 14.3. The van der Waals surface area contributed by atoms with Crippen LogP contribution in [0, 0.1) is 0 Å². The lowest BCUT2D eigenvalue weighted by Gasteiger charge is -2.05. The number of allylic oxidation sites excluding steroid dienone is 4. The van der Waals surface area contributed by atoms with E-state index in [1.807, 2.05) is 71.6 Å². The van der Waals surface area contributed by atoms with Gasteiger partial charge in [-0.25, -0.2) is 4.98 Å². The average Bonchev–Trinajstić information content (AvgIpc) is 3.39. The fraction of sp³-hybridized carbons (Fsp3) is 0.0833. The summed E-state index contributed by atoms with van der Waals surface area (Å²) >= 11 is 0. The van der Waals surface area contributed by atoms with Crippen LogP contribution in [0.2, 0.25) is 0 Å². The minimum Gasteiger partial charge on any atom is -0.504 e. The third-order valence-corrected chi connectivity index (χ3v) is 4.54. The largest absolute Gasteiger partial charge is 0.504 e. The Morgan fingerprint density at radius 1 is 1.14 bits per heavy atom. The van der Waals surface area contributed by atoms with Gasteiger partial charge >= 0.3 is 0 Å². The van der Waals surface area contributed by atoms with Crippen molar-refractivity contribution in [1.82, 2.24) is 14.7 Å². The molecule has 5 heteroatoms. The zero-order valence-electron chi connectivity index (χ0n) is 16.2. The highest BCUT2D eigenvalue weighted by Crippen LogP contribution is 2.27. The Hall–Kier alpha value is -3.86. The predicted octanol–water partition coefficient (Wildman–Crippen LogP) is 5.42. The Balaban J connectivity index is 1.56. The minimum atomic E-state index is 0.582. The van der Waals surface area contributed by atoms with Crippen molar-refractivity contribution < 1.29 is 9.26 Å². The Morgan fingerprint density at radius 3 is 2.79 bits per heavy atom. The summed E-state index contributed by atoms with van der Waals surface area (Å²) in [5.74, 6) is 0.788. The maximum absolute atomic E-state index is 5.52. The van der Waals surface area contributed by atoms with E-state index in [9.17, 15) is 0 Å². The molecule has 1 aromatic heterocycles. The molecule has 3 heterocycles. The van der Waals surface area contributed by atoms with E-state index in [1.165, 1.54) is 0 Å². The molecule has 0 saturated heterocycles. The van der Waals surface area contributed by atoms with Gasteiger partial charge in [-0.05, 0) is 29.9 Å². The first kappa shape index (κ1) is 18.5. The Bertz CT molecular complexity index is 1140. The monoisotopic (exact) mass is 383 g/mol. The zero-order valence-corrected chi connectivity index (χ0v) is 16.2. The van der Waals surface area contributed by atoms with Gasteiger partial charge in [0.25, 0.3) is 0 Å². The molecule has 0 N–H and O–H groups in total. The van der Waals surface area contributed by atoms with Gasteiger partial charge in [0.15, 0.2) is 5.76 Å². The molecule has 0 fully saturated rings. The summed E-state index contributed by atoms with van der Waals surface area (Å²) in [6.07, 6.45) is 11.2. The number of pyridine rings is 1. The van der Waals surface area contributed by atoms with Gasteiger partial charge in [0.2, 0.25) is 0 Å². The highest BCUT2D eigenvalue weighted by Gasteiger charge is 2.12. The minimum absolute atomic E-state index is 0.582. The average molecular weight is 383 g/mol. The molecule has 0 amide bonds. The number of hydrogen-bond donors (Lipinski definition) is 0. The molecule has 2 aliphatic rings. The number of aromatic nitrogens is 3. The molecular formula is C24H21N3O2. The number of hydrogen-bond acceptors (Lipinski definition) is 4. The summed E-state index contributed by atoms with van der Waals surface area (Å²) in [5, 5.41) is 4.18. The van der Waals surface area contributed by atoms with Crippen molar-refractivity contribution in [2.75, 3.05) is 7.11 Å². The lowest BCUT2D eigenvalue weighted by atomic mass is 10.1. The van der Waals surface area contributed by atoms with Crippen LogP contribution in [0.1, 0.15) is 11.5 Å². The number of benzene rings is 1. The second-order valence-corrected chi connectivity index (χ2v) is 6.53. The van der Waals surface area contributed by atoms with Gasteiger partial charge in [-0.1, -0.05) is 48.1 Å². The van der Waals surface area contributed by atoms with Gasteiger partial charge in [0.1, 0.15) is 5.69 Å². The molecule has 2 aromatic rings. The van der Waals surface area contributed by atoms with Crippen LogP contribution in [0.5, 0.6) is 0 Å². The smallest absolute Gasteiger partial charge is 0.157 e. The molecule has 5 nitrogen and oxygen atoms in total. The molecule has 0 atom stereocenters. The standard InChI is InChI=1S/C24H21N3O2/c1-3-18(10-7-13-28-2)22-14-20-11-12-27(17-24(20)25-22)16-21-15-23(26-29-21)19-8-5-4-6-9-19/h3-15,17H,1,16H2,2H3/b13-7-,18-10+. The Kier molecular flexibility index (Phi) is 5.38. The third kappa shape index (κ3) is 4.19. The summed E-state index contributed by atoms with van der Waals surface area (Å²) in [6.45, 7) is 4.46. The molecular weight excluding hydrogens is 362 g/mol. The number of ether oxygens (including phenoxy) is 1. The third-order valence-electron chi connectivity index (χ3n) is 4.54. The first-order valence-electron chi connectivity index (χ1n) is 9.27. The fourth-order valence-electron chi connectivity index (χ4n) is 3.10. The molecule has 0 spiro atoms. The van der Waals surface area contributed by atoms with Crippen LogP contribution in [0.15, 0.2) is 96.5 Å². The van der Waals surface area contributed by atoms with E-state index in [-0.39, 0.29) is 0 Å². The van der Waals surface area contributed by atoms with Crippen molar-refractivity contribution in [1.29, 1.82) is 0 Å². The van der Waals surface area contributed by atoms with Crippen LogP contribution in [-0.4, -0.2) is 21.8 Å². The molecule has 144 valence electrons. The van der Waals surface area contributed by atoms with E-state index in [1.54, 1.807) is 19.4 Å². The van der Waals surface area contributed by atoms with Crippen molar-refractivity contribution in [3.05, 3.63) is 103 Å². The van der Waals surface area contributed by atoms with Crippen LogP contribution in [0.25, 0.3) is 28.1 Å². The van der Waals surface area contributed by atoms with Gasteiger partial charge < -0.3 is 13.8 Å². The van der Waals surface area contributed by atoms with Crippen molar-refractivity contribution in [2.45, 2.75) is 6.54 Å².